The Bertz CT molecular complexity index is 569. The molecular weight excluding hydrogens is 290 g/mol. The van der Waals surface area contributed by atoms with Gasteiger partial charge in [-0.05, 0) is 25.8 Å². The molecule has 1 amide bonds. The Balaban J connectivity index is 1.98. The van der Waals surface area contributed by atoms with Crippen LogP contribution in [0.1, 0.15) is 30.3 Å². The molecule has 2 rings (SSSR count). The topological polar surface area (TPSA) is 102 Å². The number of nitrogens with zero attached hydrogens (tertiary/aromatic N) is 3. The number of carboxylic acid groups (broad SMARTS) is 1. The predicted molar refractivity (Wildman–Crippen MR) is 75.1 cm³/mol. The molecule has 1 aliphatic heterocycles. The molecule has 1 N–H and O–H groups in total. The van der Waals surface area contributed by atoms with Crippen LogP contribution in [-0.2, 0) is 20.9 Å². The molecule has 0 aromatic carbocycles. The van der Waals surface area contributed by atoms with E-state index in [9.17, 15) is 14.4 Å². The third-order valence-electron chi connectivity index (χ3n) is 3.61. The number of hydrogen-bond acceptors (Lipinski definition) is 5. The maximum absolute atomic E-state index is 12.3. The molecule has 1 aromatic heterocycles. The largest absolute Gasteiger partial charge is 0.477 e. The molecule has 1 fully saturated rings. The van der Waals surface area contributed by atoms with Crippen LogP contribution in [0, 0.1) is 5.92 Å². The number of carbonyl (C=O) groups excluding carboxylic acids is 2. The third kappa shape index (κ3) is 3.63. The van der Waals surface area contributed by atoms with Crippen LogP contribution in [0.4, 0.5) is 0 Å². The molecule has 0 bridgehead atoms. The lowest BCUT2D eigenvalue weighted by molar-refractivity contribution is -0.151. The van der Waals surface area contributed by atoms with Gasteiger partial charge in [-0.15, -0.1) is 0 Å². The molecule has 1 atom stereocenters. The molecule has 0 saturated carbocycles. The van der Waals surface area contributed by atoms with Gasteiger partial charge < -0.3 is 14.7 Å². The lowest BCUT2D eigenvalue weighted by atomic mass is 9.98. The van der Waals surface area contributed by atoms with Crippen LogP contribution in [0.5, 0.6) is 0 Å². The minimum absolute atomic E-state index is 0.0349. The number of amides is 1. The highest BCUT2D eigenvalue weighted by Gasteiger charge is 2.29. The quantitative estimate of drug-likeness (QED) is 0.789. The molecular formula is C14H19N3O5. The van der Waals surface area contributed by atoms with E-state index in [2.05, 4.69) is 5.10 Å². The smallest absolute Gasteiger partial charge is 0.354 e. The Morgan fingerprint density at radius 2 is 2.23 bits per heavy atom. The van der Waals surface area contributed by atoms with Gasteiger partial charge in [0.05, 0.1) is 12.5 Å². The van der Waals surface area contributed by atoms with Crippen molar-refractivity contribution >= 4 is 17.8 Å². The predicted octanol–water partition coefficient (Wildman–Crippen LogP) is 0.383. The van der Waals surface area contributed by atoms with Crippen LogP contribution in [0.2, 0.25) is 0 Å². The van der Waals surface area contributed by atoms with Crippen molar-refractivity contribution in [2.24, 2.45) is 5.92 Å². The number of carboxylic acids is 1. The van der Waals surface area contributed by atoms with Gasteiger partial charge in [0.25, 0.3) is 0 Å². The zero-order valence-corrected chi connectivity index (χ0v) is 12.4. The molecule has 8 heteroatoms. The van der Waals surface area contributed by atoms with E-state index < -0.39 is 5.97 Å². The summed E-state index contributed by atoms with van der Waals surface area (Å²) < 4.78 is 6.15. The number of carbonyl (C=O) groups is 3. The SMILES string of the molecule is CCOC(=O)C1CCCN(C(=O)Cn2nccc2C(=O)O)C1. The minimum Gasteiger partial charge on any atom is -0.477 e. The first-order valence-electron chi connectivity index (χ1n) is 7.22. The van der Waals surface area contributed by atoms with Gasteiger partial charge in [0.2, 0.25) is 5.91 Å². The zero-order valence-electron chi connectivity index (χ0n) is 12.4. The lowest BCUT2D eigenvalue weighted by Crippen LogP contribution is -2.44. The summed E-state index contributed by atoms with van der Waals surface area (Å²) in [4.78, 5) is 36.6. The number of hydrogen-bond donors (Lipinski definition) is 1. The van der Waals surface area contributed by atoms with Crippen molar-refractivity contribution in [1.82, 2.24) is 14.7 Å². The van der Waals surface area contributed by atoms with E-state index in [-0.39, 0.29) is 30.0 Å². The van der Waals surface area contributed by atoms with Gasteiger partial charge in [0.15, 0.2) is 0 Å². The third-order valence-corrected chi connectivity index (χ3v) is 3.61. The first-order chi connectivity index (χ1) is 10.5. The molecule has 1 aromatic rings. The van der Waals surface area contributed by atoms with E-state index >= 15 is 0 Å². The standard InChI is InChI=1S/C14H19N3O5/c1-2-22-14(21)10-4-3-7-16(8-10)12(18)9-17-11(13(19)20)5-6-15-17/h5-6,10H,2-4,7-9H2,1H3,(H,19,20). The average Bonchev–Trinajstić information content (AvgIpc) is 2.96. The normalized spacial score (nSPS) is 18.0. The van der Waals surface area contributed by atoms with E-state index in [1.807, 2.05) is 0 Å². The summed E-state index contributed by atoms with van der Waals surface area (Å²) >= 11 is 0. The maximum Gasteiger partial charge on any atom is 0.354 e. The second-order valence-corrected chi connectivity index (χ2v) is 5.11. The first-order valence-corrected chi connectivity index (χ1v) is 7.22. The number of ether oxygens (including phenoxy) is 1. The second kappa shape index (κ2) is 7.06. The summed E-state index contributed by atoms with van der Waals surface area (Å²) in [5, 5.41) is 12.9. The van der Waals surface area contributed by atoms with Crippen molar-refractivity contribution in [3.8, 4) is 0 Å². The van der Waals surface area contributed by atoms with Crippen molar-refractivity contribution in [1.29, 1.82) is 0 Å². The van der Waals surface area contributed by atoms with Gasteiger partial charge in [0, 0.05) is 19.3 Å². The van der Waals surface area contributed by atoms with Crippen LogP contribution in [0.15, 0.2) is 12.3 Å². The number of esters is 1. The molecule has 0 radical (unpaired) electrons. The van der Waals surface area contributed by atoms with E-state index in [1.165, 1.54) is 12.3 Å². The first kappa shape index (κ1) is 16.0. The summed E-state index contributed by atoms with van der Waals surface area (Å²) in [5.74, 6) is -1.98. The van der Waals surface area contributed by atoms with Gasteiger partial charge in [-0.1, -0.05) is 0 Å². The summed E-state index contributed by atoms with van der Waals surface area (Å²) in [6, 6.07) is 1.34. The van der Waals surface area contributed by atoms with Crippen LogP contribution in [-0.4, -0.2) is 57.3 Å². The molecule has 22 heavy (non-hydrogen) atoms. The fraction of sp³-hybridized carbons (Fsp3) is 0.571. The van der Waals surface area contributed by atoms with Crippen LogP contribution >= 0.6 is 0 Å². The number of likely N-dealkylation sites (tertiary alicyclic amines) is 1. The average molecular weight is 309 g/mol. The van der Waals surface area contributed by atoms with E-state index in [0.717, 1.165) is 11.1 Å². The van der Waals surface area contributed by atoms with E-state index in [4.69, 9.17) is 9.84 Å². The number of aromatic nitrogens is 2. The summed E-state index contributed by atoms with van der Waals surface area (Å²) in [7, 11) is 0. The van der Waals surface area contributed by atoms with Crippen LogP contribution in [0.25, 0.3) is 0 Å². The monoisotopic (exact) mass is 309 g/mol. The zero-order chi connectivity index (χ0) is 16.1. The van der Waals surface area contributed by atoms with Crippen molar-refractivity contribution in [2.75, 3.05) is 19.7 Å². The molecule has 0 aliphatic carbocycles. The highest BCUT2D eigenvalue weighted by atomic mass is 16.5. The van der Waals surface area contributed by atoms with Crippen LogP contribution in [0.3, 0.4) is 0 Å². The fourth-order valence-electron chi connectivity index (χ4n) is 2.52. The van der Waals surface area contributed by atoms with Crippen LogP contribution < -0.4 is 0 Å². The fourth-order valence-corrected chi connectivity index (χ4v) is 2.52. The Kier molecular flexibility index (Phi) is 5.13. The van der Waals surface area contributed by atoms with Gasteiger partial charge >= 0.3 is 11.9 Å². The summed E-state index contributed by atoms with van der Waals surface area (Å²) in [6.07, 6.45) is 2.76. The molecule has 1 saturated heterocycles. The number of rotatable bonds is 5. The molecule has 1 unspecified atom stereocenters. The Hall–Kier alpha value is -2.38. The van der Waals surface area contributed by atoms with Gasteiger partial charge in [0.1, 0.15) is 12.2 Å². The summed E-state index contributed by atoms with van der Waals surface area (Å²) in [5.41, 5.74) is -0.0349. The maximum atomic E-state index is 12.3. The lowest BCUT2D eigenvalue weighted by Gasteiger charge is -2.31. The Morgan fingerprint density at radius 3 is 2.91 bits per heavy atom. The number of piperidine rings is 1. The van der Waals surface area contributed by atoms with E-state index in [1.54, 1.807) is 11.8 Å². The van der Waals surface area contributed by atoms with Crippen molar-refractivity contribution in [3.63, 3.8) is 0 Å². The molecule has 2 heterocycles. The van der Waals surface area contributed by atoms with E-state index in [0.29, 0.717) is 26.1 Å². The Morgan fingerprint density at radius 1 is 1.45 bits per heavy atom. The molecule has 120 valence electrons. The summed E-state index contributed by atoms with van der Waals surface area (Å²) in [6.45, 7) is 2.78. The van der Waals surface area contributed by atoms with Crippen molar-refractivity contribution in [3.05, 3.63) is 18.0 Å². The highest BCUT2D eigenvalue weighted by Crippen LogP contribution is 2.18. The van der Waals surface area contributed by atoms with Gasteiger partial charge in [-0.3, -0.25) is 9.59 Å². The second-order valence-electron chi connectivity index (χ2n) is 5.11. The van der Waals surface area contributed by atoms with Crippen molar-refractivity contribution in [2.45, 2.75) is 26.3 Å². The van der Waals surface area contributed by atoms with Gasteiger partial charge in [-0.25, -0.2) is 9.48 Å². The minimum atomic E-state index is -1.13. The van der Waals surface area contributed by atoms with Crippen molar-refractivity contribution < 1.29 is 24.2 Å². The molecule has 0 spiro atoms. The molecule has 1 aliphatic rings. The molecule has 8 nitrogen and oxygen atoms in total. The Labute approximate surface area is 127 Å². The highest BCUT2D eigenvalue weighted by molar-refractivity contribution is 5.86. The van der Waals surface area contributed by atoms with Gasteiger partial charge in [-0.2, -0.15) is 5.10 Å². The number of aromatic carboxylic acids is 1.